The van der Waals surface area contributed by atoms with Crippen molar-refractivity contribution in [2.24, 2.45) is 29.6 Å². The second-order valence-corrected chi connectivity index (χ2v) is 7.07. The van der Waals surface area contributed by atoms with Gasteiger partial charge in [0.1, 0.15) is 6.10 Å². The number of carbonyl (C=O) groups is 1. The summed E-state index contributed by atoms with van der Waals surface area (Å²) in [6.45, 7) is 12.6. The van der Waals surface area contributed by atoms with E-state index in [2.05, 4.69) is 20.8 Å². The molecule has 0 N–H and O–H groups in total. The molecule has 0 spiro atoms. The lowest BCUT2D eigenvalue weighted by molar-refractivity contribution is -0.160. The fourth-order valence-electron chi connectivity index (χ4n) is 4.78. The van der Waals surface area contributed by atoms with Crippen LogP contribution in [0.15, 0.2) is 0 Å². The fraction of sp³-hybridized carbons (Fsp3) is 0.947. The van der Waals surface area contributed by atoms with Crippen LogP contribution in [0.2, 0.25) is 0 Å². The predicted molar refractivity (Wildman–Crippen MR) is 89.1 cm³/mol. The van der Waals surface area contributed by atoms with Gasteiger partial charge in [0.2, 0.25) is 0 Å². The van der Waals surface area contributed by atoms with Crippen LogP contribution in [0.4, 0.5) is 0 Å². The van der Waals surface area contributed by atoms with Gasteiger partial charge >= 0.3 is 5.97 Å². The largest absolute Gasteiger partial charge is 0.462 e. The van der Waals surface area contributed by atoms with Crippen molar-refractivity contribution >= 4 is 5.97 Å². The van der Waals surface area contributed by atoms with Gasteiger partial charge in [-0.2, -0.15) is 0 Å². The van der Waals surface area contributed by atoms with E-state index in [4.69, 9.17) is 4.74 Å². The summed E-state index contributed by atoms with van der Waals surface area (Å²) in [7, 11) is 0. The third-order valence-electron chi connectivity index (χ3n) is 5.47. The molecule has 2 heteroatoms. The van der Waals surface area contributed by atoms with E-state index in [0.717, 1.165) is 24.2 Å². The van der Waals surface area contributed by atoms with Gasteiger partial charge in [-0.3, -0.25) is 4.79 Å². The first-order valence-electron chi connectivity index (χ1n) is 9.20. The zero-order chi connectivity index (χ0) is 16.0. The second kappa shape index (κ2) is 8.80. The summed E-state index contributed by atoms with van der Waals surface area (Å²) < 4.78 is 5.72. The van der Waals surface area contributed by atoms with Gasteiger partial charge in [-0.15, -0.1) is 0 Å². The lowest BCUT2D eigenvalue weighted by Crippen LogP contribution is -2.47. The van der Waals surface area contributed by atoms with Crippen LogP contribution in [0.5, 0.6) is 0 Å². The number of rotatable bonds is 3. The van der Waals surface area contributed by atoms with Crippen LogP contribution >= 0.6 is 0 Å². The summed E-state index contributed by atoms with van der Waals surface area (Å²) in [5.74, 6) is 3.60. The molecule has 2 aliphatic rings. The SMILES string of the molecule is CC.CCCC1C2C(CC[C@@H]1C)CC(C)CC2OC(C)=O. The van der Waals surface area contributed by atoms with Crippen molar-refractivity contribution in [3.05, 3.63) is 0 Å². The van der Waals surface area contributed by atoms with E-state index in [1.165, 1.54) is 32.1 Å². The topological polar surface area (TPSA) is 26.3 Å². The Morgan fingerprint density at radius 2 is 1.81 bits per heavy atom. The molecule has 124 valence electrons. The van der Waals surface area contributed by atoms with E-state index in [9.17, 15) is 4.79 Å². The Balaban J connectivity index is 0.00000106. The molecule has 2 rings (SSSR count). The van der Waals surface area contributed by atoms with E-state index >= 15 is 0 Å². The minimum absolute atomic E-state index is 0.0914. The molecule has 0 radical (unpaired) electrons. The molecule has 6 atom stereocenters. The van der Waals surface area contributed by atoms with Crippen LogP contribution in [-0.4, -0.2) is 12.1 Å². The predicted octanol–water partition coefficient (Wildman–Crippen LogP) is 5.45. The molecular weight excluding hydrogens is 260 g/mol. The number of fused-ring (bicyclic) bond motifs is 1. The van der Waals surface area contributed by atoms with Crippen molar-refractivity contribution < 1.29 is 9.53 Å². The molecule has 0 heterocycles. The van der Waals surface area contributed by atoms with Crippen LogP contribution in [0, 0.1) is 29.6 Å². The Bertz CT molecular complexity index is 313. The molecule has 2 aliphatic carbocycles. The van der Waals surface area contributed by atoms with Gasteiger partial charge in [0, 0.05) is 12.8 Å². The monoisotopic (exact) mass is 296 g/mol. The van der Waals surface area contributed by atoms with Gasteiger partial charge in [0.25, 0.3) is 0 Å². The normalized spacial score (nSPS) is 38.8. The van der Waals surface area contributed by atoms with Crippen LogP contribution in [0.1, 0.15) is 80.1 Å². The third kappa shape index (κ3) is 4.72. The summed E-state index contributed by atoms with van der Waals surface area (Å²) in [6, 6.07) is 0. The summed E-state index contributed by atoms with van der Waals surface area (Å²) in [5.41, 5.74) is 0. The molecule has 21 heavy (non-hydrogen) atoms. The molecule has 0 bridgehead atoms. The number of ether oxygens (including phenoxy) is 1. The van der Waals surface area contributed by atoms with Gasteiger partial charge in [-0.05, 0) is 42.9 Å². The Hall–Kier alpha value is -0.530. The molecule has 0 amide bonds. The molecular formula is C19H36O2. The molecule has 0 aliphatic heterocycles. The lowest BCUT2D eigenvalue weighted by atomic mass is 9.58. The Kier molecular flexibility index (Phi) is 7.76. The fourth-order valence-corrected chi connectivity index (χ4v) is 4.78. The van der Waals surface area contributed by atoms with Crippen LogP contribution in [0.3, 0.4) is 0 Å². The maximum atomic E-state index is 11.4. The van der Waals surface area contributed by atoms with E-state index in [-0.39, 0.29) is 12.1 Å². The van der Waals surface area contributed by atoms with Crippen molar-refractivity contribution in [2.45, 2.75) is 86.2 Å². The van der Waals surface area contributed by atoms with Crippen LogP contribution in [-0.2, 0) is 9.53 Å². The Labute approximate surface area is 132 Å². The van der Waals surface area contributed by atoms with Gasteiger partial charge < -0.3 is 4.74 Å². The molecule has 2 saturated carbocycles. The maximum Gasteiger partial charge on any atom is 0.302 e. The van der Waals surface area contributed by atoms with E-state index in [0.29, 0.717) is 11.8 Å². The van der Waals surface area contributed by atoms with Crippen molar-refractivity contribution in [1.29, 1.82) is 0 Å². The minimum Gasteiger partial charge on any atom is -0.462 e. The van der Waals surface area contributed by atoms with Gasteiger partial charge in [-0.1, -0.05) is 53.9 Å². The highest BCUT2D eigenvalue weighted by Crippen LogP contribution is 2.50. The number of esters is 1. The van der Waals surface area contributed by atoms with Crippen LogP contribution < -0.4 is 0 Å². The molecule has 5 unspecified atom stereocenters. The number of carbonyl (C=O) groups excluding carboxylic acids is 1. The van der Waals surface area contributed by atoms with Crippen LogP contribution in [0.25, 0.3) is 0 Å². The average molecular weight is 296 g/mol. The van der Waals surface area contributed by atoms with E-state index in [1.807, 2.05) is 13.8 Å². The summed E-state index contributed by atoms with van der Waals surface area (Å²) in [5, 5.41) is 0. The zero-order valence-corrected chi connectivity index (χ0v) is 15.0. The van der Waals surface area contributed by atoms with Gasteiger partial charge in [0.15, 0.2) is 0 Å². The maximum absolute atomic E-state index is 11.4. The molecule has 0 saturated heterocycles. The quantitative estimate of drug-likeness (QED) is 0.647. The van der Waals surface area contributed by atoms with Crippen molar-refractivity contribution in [2.75, 3.05) is 0 Å². The smallest absolute Gasteiger partial charge is 0.302 e. The molecule has 0 aromatic heterocycles. The highest BCUT2D eigenvalue weighted by atomic mass is 16.5. The first kappa shape index (κ1) is 18.5. The zero-order valence-electron chi connectivity index (χ0n) is 15.0. The third-order valence-corrected chi connectivity index (χ3v) is 5.47. The van der Waals surface area contributed by atoms with Crippen molar-refractivity contribution in [3.8, 4) is 0 Å². The Morgan fingerprint density at radius 1 is 1.14 bits per heavy atom. The molecule has 2 fully saturated rings. The van der Waals surface area contributed by atoms with E-state index in [1.54, 1.807) is 6.92 Å². The lowest BCUT2D eigenvalue weighted by Gasteiger charge is -2.49. The average Bonchev–Trinajstić information content (AvgIpc) is 2.43. The van der Waals surface area contributed by atoms with Crippen molar-refractivity contribution in [3.63, 3.8) is 0 Å². The number of hydrogen-bond donors (Lipinski definition) is 0. The Morgan fingerprint density at radius 3 is 2.38 bits per heavy atom. The standard InChI is InChI=1S/C17H30O2.C2H6/c1-5-6-15-12(3)7-8-14-9-11(2)10-16(17(14)15)19-13(4)18;1-2/h11-12,14-17H,5-10H2,1-4H3;1-2H3/t11?,12-,14?,15?,16?,17?;/m0./s1. The second-order valence-electron chi connectivity index (χ2n) is 7.07. The molecule has 0 aromatic rings. The summed E-state index contributed by atoms with van der Waals surface area (Å²) in [6.07, 6.45) is 7.86. The molecule has 0 aromatic carbocycles. The first-order valence-corrected chi connectivity index (χ1v) is 9.20. The summed E-state index contributed by atoms with van der Waals surface area (Å²) in [4.78, 5) is 11.4. The van der Waals surface area contributed by atoms with Gasteiger partial charge in [0.05, 0.1) is 0 Å². The number of hydrogen-bond acceptors (Lipinski definition) is 2. The highest BCUT2D eigenvalue weighted by Gasteiger charge is 2.46. The molecule has 2 nitrogen and oxygen atoms in total. The summed E-state index contributed by atoms with van der Waals surface area (Å²) >= 11 is 0. The van der Waals surface area contributed by atoms with E-state index < -0.39 is 0 Å². The van der Waals surface area contributed by atoms with Crippen molar-refractivity contribution in [1.82, 2.24) is 0 Å². The van der Waals surface area contributed by atoms with Gasteiger partial charge in [-0.25, -0.2) is 0 Å². The highest BCUT2D eigenvalue weighted by molar-refractivity contribution is 5.66. The first-order chi connectivity index (χ1) is 10.0. The minimum atomic E-state index is -0.0914.